The second kappa shape index (κ2) is 8.03. The fourth-order valence-corrected chi connectivity index (χ4v) is 4.84. The second-order valence-electron chi connectivity index (χ2n) is 8.38. The Bertz CT molecular complexity index is 1240. The topological polar surface area (TPSA) is 59.6 Å². The minimum Gasteiger partial charge on any atom is -0.482 e. The molecule has 2 aromatic carbocycles. The van der Waals surface area contributed by atoms with Gasteiger partial charge in [-0.15, -0.1) is 0 Å². The van der Waals surface area contributed by atoms with Gasteiger partial charge >= 0.3 is 5.69 Å². The van der Waals surface area contributed by atoms with Crippen LogP contribution in [-0.4, -0.2) is 44.4 Å². The van der Waals surface area contributed by atoms with Gasteiger partial charge in [-0.2, -0.15) is 0 Å². The molecule has 3 atom stereocenters. The van der Waals surface area contributed by atoms with Crippen molar-refractivity contribution in [2.45, 2.75) is 31.1 Å². The molecule has 0 amide bonds. The number of hydrogen-bond donors (Lipinski definition) is 1. The van der Waals surface area contributed by atoms with Gasteiger partial charge in [0.1, 0.15) is 23.5 Å². The number of halogens is 3. The molecule has 0 radical (unpaired) electrons. The average Bonchev–Trinajstić information content (AvgIpc) is 3.42. The van der Waals surface area contributed by atoms with Crippen LogP contribution in [0.15, 0.2) is 47.5 Å². The number of ether oxygens (including phenoxy) is 1. The van der Waals surface area contributed by atoms with Crippen molar-refractivity contribution in [1.82, 2.24) is 14.0 Å². The number of aryl methyl sites for hydroxylation is 1. The molecule has 6 nitrogen and oxygen atoms in total. The molecule has 1 fully saturated rings. The van der Waals surface area contributed by atoms with Crippen LogP contribution in [0.3, 0.4) is 0 Å². The number of nitrogens with zero attached hydrogens (tertiary/aromatic N) is 3. The normalized spacial score (nSPS) is 23.0. The van der Waals surface area contributed by atoms with E-state index in [-0.39, 0.29) is 11.7 Å². The van der Waals surface area contributed by atoms with Crippen LogP contribution in [0.1, 0.15) is 23.7 Å². The number of fused-ring (bicyclic) bond motifs is 1. The predicted octanol–water partition coefficient (Wildman–Crippen LogP) is 3.22. The van der Waals surface area contributed by atoms with Crippen molar-refractivity contribution in [2.24, 2.45) is 7.05 Å². The molecule has 1 N–H and O–H groups in total. The summed E-state index contributed by atoms with van der Waals surface area (Å²) in [4.78, 5) is 14.4. The molecule has 1 aromatic heterocycles. The molecule has 1 saturated heterocycles. The molecule has 2 aliphatic rings. The predicted molar refractivity (Wildman–Crippen MR) is 115 cm³/mol. The number of aliphatic hydroxyl groups is 1. The molecule has 9 heteroatoms. The number of hydrogen-bond acceptors (Lipinski definition) is 4. The van der Waals surface area contributed by atoms with Crippen LogP contribution in [0.25, 0.3) is 5.69 Å². The summed E-state index contributed by atoms with van der Waals surface area (Å²) in [6.45, 7) is 1.08. The Hall–Kier alpha value is -2.68. The molecule has 1 unspecified atom stereocenters. The van der Waals surface area contributed by atoms with Gasteiger partial charge in [-0.05, 0) is 36.6 Å². The van der Waals surface area contributed by atoms with Crippen LogP contribution in [-0.2, 0) is 13.5 Å². The summed E-state index contributed by atoms with van der Waals surface area (Å²) in [6, 6.07) is 6.88. The van der Waals surface area contributed by atoms with Gasteiger partial charge in [0.15, 0.2) is 0 Å². The maximum absolute atomic E-state index is 14.6. The first kappa shape index (κ1) is 21.2. The molecule has 1 aliphatic carbocycles. The molecular weight excluding hydrogens is 440 g/mol. The first-order valence-electron chi connectivity index (χ1n) is 10.4. The van der Waals surface area contributed by atoms with Crippen molar-refractivity contribution in [2.75, 3.05) is 13.1 Å². The lowest BCUT2D eigenvalue weighted by molar-refractivity contribution is 0.0817. The van der Waals surface area contributed by atoms with Gasteiger partial charge in [-0.3, -0.25) is 9.47 Å². The highest BCUT2D eigenvalue weighted by Crippen LogP contribution is 2.42. The average molecular weight is 462 g/mol. The van der Waals surface area contributed by atoms with E-state index in [0.717, 1.165) is 6.07 Å². The van der Waals surface area contributed by atoms with Crippen molar-refractivity contribution in [3.63, 3.8) is 0 Å². The van der Waals surface area contributed by atoms with Crippen LogP contribution in [0, 0.1) is 11.6 Å². The molecule has 1 aliphatic heterocycles. The maximum Gasteiger partial charge on any atom is 0.332 e. The van der Waals surface area contributed by atoms with Crippen molar-refractivity contribution >= 4 is 11.6 Å². The fourth-order valence-electron chi connectivity index (χ4n) is 4.68. The standard InChI is InChI=1S/C23H22ClF2N3O3/c1-27-6-7-29(23(27)31)14-2-3-18(24)21(10-14)32-22-17-8-13(25)9-19(26)16(17)11-20(22)28-5-4-15(30)12-28/h2-3,6-10,15,20,22,30H,4-5,11-12H2,1H3/t15?,20-,22-/m0/s1. The molecule has 5 rings (SSSR count). The van der Waals surface area contributed by atoms with E-state index in [0.29, 0.717) is 53.5 Å². The Balaban J connectivity index is 1.54. The molecular formula is C23H22ClF2N3O3. The van der Waals surface area contributed by atoms with Crippen LogP contribution < -0.4 is 10.4 Å². The summed E-state index contributed by atoms with van der Waals surface area (Å²) in [7, 11) is 1.65. The Morgan fingerprint density at radius 2 is 2.00 bits per heavy atom. The first-order chi connectivity index (χ1) is 15.3. The van der Waals surface area contributed by atoms with E-state index in [1.54, 1.807) is 37.6 Å². The number of β-amino-alcohol motifs (C(OH)–C–C–N with tert-alkyl or cyclic N) is 1. The fraction of sp³-hybridized carbons (Fsp3) is 0.348. The zero-order chi connectivity index (χ0) is 22.6. The monoisotopic (exact) mass is 461 g/mol. The number of aliphatic hydroxyl groups excluding tert-OH is 1. The van der Waals surface area contributed by atoms with Crippen molar-refractivity contribution in [1.29, 1.82) is 0 Å². The number of rotatable bonds is 4. The Kier molecular flexibility index (Phi) is 5.31. The van der Waals surface area contributed by atoms with E-state index in [1.165, 1.54) is 15.2 Å². The van der Waals surface area contributed by atoms with Gasteiger partial charge in [-0.25, -0.2) is 13.6 Å². The van der Waals surface area contributed by atoms with E-state index in [1.807, 2.05) is 4.90 Å². The third kappa shape index (κ3) is 3.62. The van der Waals surface area contributed by atoms with Crippen molar-refractivity contribution < 1.29 is 18.6 Å². The molecule has 168 valence electrons. The summed E-state index contributed by atoms with van der Waals surface area (Å²) < 4.78 is 37.9. The van der Waals surface area contributed by atoms with Crippen LogP contribution in [0.5, 0.6) is 5.75 Å². The van der Waals surface area contributed by atoms with Gasteiger partial charge in [-0.1, -0.05) is 11.6 Å². The lowest BCUT2D eigenvalue weighted by atomic mass is 10.1. The van der Waals surface area contributed by atoms with E-state index in [2.05, 4.69) is 0 Å². The zero-order valence-corrected chi connectivity index (χ0v) is 18.1. The Morgan fingerprint density at radius 1 is 1.19 bits per heavy atom. The summed E-state index contributed by atoms with van der Waals surface area (Å²) in [5, 5.41) is 10.3. The first-order valence-corrected chi connectivity index (χ1v) is 10.8. The highest BCUT2D eigenvalue weighted by atomic mass is 35.5. The van der Waals surface area contributed by atoms with Crippen molar-refractivity contribution in [3.8, 4) is 11.4 Å². The summed E-state index contributed by atoms with van der Waals surface area (Å²) in [5.41, 5.74) is 1.19. The number of likely N-dealkylation sites (tertiary alicyclic amines) is 1. The summed E-state index contributed by atoms with van der Waals surface area (Å²) in [6.07, 6.45) is 3.10. The highest BCUT2D eigenvalue weighted by molar-refractivity contribution is 6.32. The van der Waals surface area contributed by atoms with E-state index in [9.17, 15) is 18.7 Å². The Morgan fingerprint density at radius 3 is 2.69 bits per heavy atom. The molecule has 0 bridgehead atoms. The number of benzene rings is 2. The van der Waals surface area contributed by atoms with Gasteiger partial charge < -0.3 is 14.4 Å². The number of imidazole rings is 1. The third-order valence-corrected chi connectivity index (χ3v) is 6.63. The van der Waals surface area contributed by atoms with Crippen molar-refractivity contribution in [3.05, 3.63) is 81.0 Å². The quantitative estimate of drug-likeness (QED) is 0.648. The third-order valence-electron chi connectivity index (χ3n) is 6.32. The van der Waals surface area contributed by atoms with Gasteiger partial charge in [0.25, 0.3) is 0 Å². The summed E-state index contributed by atoms with van der Waals surface area (Å²) >= 11 is 6.41. The zero-order valence-electron chi connectivity index (χ0n) is 17.3. The highest BCUT2D eigenvalue weighted by Gasteiger charge is 2.42. The maximum atomic E-state index is 14.6. The van der Waals surface area contributed by atoms with E-state index >= 15 is 0 Å². The minimum atomic E-state index is -0.680. The lowest BCUT2D eigenvalue weighted by Gasteiger charge is -2.30. The number of aromatic nitrogens is 2. The smallest absolute Gasteiger partial charge is 0.332 e. The largest absolute Gasteiger partial charge is 0.482 e. The lowest BCUT2D eigenvalue weighted by Crippen LogP contribution is -2.39. The SMILES string of the molecule is Cn1ccn(-c2ccc(Cl)c(O[C@H]3c4cc(F)cc(F)c4C[C@@H]3N3CCC(O)C3)c2)c1=O. The summed E-state index contributed by atoms with van der Waals surface area (Å²) in [5.74, 6) is -0.966. The van der Waals surface area contributed by atoms with Crippen LogP contribution >= 0.6 is 11.6 Å². The van der Waals surface area contributed by atoms with E-state index in [4.69, 9.17) is 16.3 Å². The second-order valence-corrected chi connectivity index (χ2v) is 8.79. The minimum absolute atomic E-state index is 0.224. The molecule has 0 saturated carbocycles. The molecule has 2 heterocycles. The Labute approximate surface area is 188 Å². The molecule has 32 heavy (non-hydrogen) atoms. The van der Waals surface area contributed by atoms with Gasteiger partial charge in [0.2, 0.25) is 0 Å². The molecule has 0 spiro atoms. The van der Waals surface area contributed by atoms with Gasteiger partial charge in [0.05, 0.1) is 22.9 Å². The van der Waals surface area contributed by atoms with Crippen LogP contribution in [0.2, 0.25) is 5.02 Å². The van der Waals surface area contributed by atoms with E-state index < -0.39 is 23.8 Å². The van der Waals surface area contributed by atoms with Crippen LogP contribution in [0.4, 0.5) is 8.78 Å². The molecule has 3 aromatic rings. The van der Waals surface area contributed by atoms with Gasteiger partial charge in [0, 0.05) is 50.2 Å².